The van der Waals surface area contributed by atoms with Crippen LogP contribution in [0.5, 0.6) is 0 Å². The molecule has 0 N–H and O–H groups in total. The van der Waals surface area contributed by atoms with Gasteiger partial charge in [-0.25, -0.2) is 9.97 Å². The summed E-state index contributed by atoms with van der Waals surface area (Å²) in [7, 11) is 0. The summed E-state index contributed by atoms with van der Waals surface area (Å²) >= 11 is 6.09. The van der Waals surface area contributed by atoms with E-state index in [1.165, 1.54) is 0 Å². The first-order valence-electron chi connectivity index (χ1n) is 8.28. The zero-order valence-electron chi connectivity index (χ0n) is 13.7. The minimum atomic E-state index is 0.702. The van der Waals surface area contributed by atoms with Crippen LogP contribution in [0.4, 0.5) is 11.6 Å². The summed E-state index contributed by atoms with van der Waals surface area (Å²) in [6.45, 7) is 3.62. The molecule has 1 saturated heterocycles. The highest BCUT2D eigenvalue weighted by Crippen LogP contribution is 2.23. The first-order chi connectivity index (χ1) is 12.3. The molecule has 0 radical (unpaired) electrons. The minimum absolute atomic E-state index is 0.702. The maximum atomic E-state index is 6.09. The van der Waals surface area contributed by atoms with E-state index in [1.54, 1.807) is 6.20 Å². The zero-order valence-corrected chi connectivity index (χ0v) is 14.5. The molecule has 4 rings (SSSR count). The summed E-state index contributed by atoms with van der Waals surface area (Å²) in [6, 6.07) is 13.7. The molecule has 0 amide bonds. The Morgan fingerprint density at radius 1 is 0.840 bits per heavy atom. The number of aromatic nitrogens is 3. The molecule has 0 saturated carbocycles. The van der Waals surface area contributed by atoms with Crippen molar-refractivity contribution < 1.29 is 0 Å². The van der Waals surface area contributed by atoms with Crippen molar-refractivity contribution in [2.24, 2.45) is 0 Å². The molecule has 3 aromatic rings. The van der Waals surface area contributed by atoms with Gasteiger partial charge in [-0.3, -0.25) is 4.98 Å². The van der Waals surface area contributed by atoms with Crippen molar-refractivity contribution in [3.05, 3.63) is 66.1 Å². The van der Waals surface area contributed by atoms with Crippen molar-refractivity contribution in [2.45, 2.75) is 0 Å². The molecule has 25 heavy (non-hydrogen) atoms. The van der Waals surface area contributed by atoms with Crippen molar-refractivity contribution in [1.82, 2.24) is 15.0 Å². The lowest BCUT2D eigenvalue weighted by molar-refractivity contribution is 0.641. The predicted molar refractivity (Wildman–Crippen MR) is 101 cm³/mol. The van der Waals surface area contributed by atoms with Crippen molar-refractivity contribution in [1.29, 1.82) is 0 Å². The summed E-state index contributed by atoms with van der Waals surface area (Å²) < 4.78 is 0. The van der Waals surface area contributed by atoms with Gasteiger partial charge < -0.3 is 9.80 Å². The second-order valence-corrected chi connectivity index (χ2v) is 6.37. The number of pyridine rings is 1. The average molecular weight is 352 g/mol. The highest BCUT2D eigenvalue weighted by molar-refractivity contribution is 6.30. The highest BCUT2D eigenvalue weighted by atomic mass is 35.5. The average Bonchev–Trinajstić information content (AvgIpc) is 2.69. The Balaban J connectivity index is 1.49. The lowest BCUT2D eigenvalue weighted by Gasteiger charge is -2.35. The summed E-state index contributed by atoms with van der Waals surface area (Å²) in [5.74, 6) is 1.93. The molecule has 3 heterocycles. The fourth-order valence-electron chi connectivity index (χ4n) is 3.00. The van der Waals surface area contributed by atoms with Gasteiger partial charge in [0.15, 0.2) is 0 Å². The molecule has 0 atom stereocenters. The number of rotatable bonds is 3. The monoisotopic (exact) mass is 351 g/mol. The third-order valence-electron chi connectivity index (χ3n) is 4.32. The van der Waals surface area contributed by atoms with E-state index in [0.29, 0.717) is 5.02 Å². The van der Waals surface area contributed by atoms with Gasteiger partial charge in [0.25, 0.3) is 0 Å². The molecule has 5 nitrogen and oxygen atoms in total. The van der Waals surface area contributed by atoms with E-state index in [4.69, 9.17) is 16.6 Å². The van der Waals surface area contributed by atoms with Crippen LogP contribution in [0, 0.1) is 0 Å². The van der Waals surface area contributed by atoms with E-state index < -0.39 is 0 Å². The molecule has 0 bridgehead atoms. The molecule has 1 aliphatic heterocycles. The molecular formula is C19H18ClN5. The second kappa shape index (κ2) is 7.07. The fraction of sp³-hybridized carbons (Fsp3) is 0.211. The summed E-state index contributed by atoms with van der Waals surface area (Å²) in [6.07, 6.45) is 5.44. The summed E-state index contributed by atoms with van der Waals surface area (Å²) in [5, 5.41) is 0.702. The Morgan fingerprint density at radius 2 is 1.64 bits per heavy atom. The Morgan fingerprint density at radius 3 is 2.36 bits per heavy atom. The molecule has 0 unspecified atom stereocenters. The van der Waals surface area contributed by atoms with E-state index in [2.05, 4.69) is 25.8 Å². The second-order valence-electron chi connectivity index (χ2n) is 5.93. The lowest BCUT2D eigenvalue weighted by Crippen LogP contribution is -2.47. The first-order valence-corrected chi connectivity index (χ1v) is 8.66. The number of nitrogens with zero attached hydrogens (tertiary/aromatic N) is 5. The van der Waals surface area contributed by atoms with Crippen LogP contribution < -0.4 is 9.80 Å². The van der Waals surface area contributed by atoms with Gasteiger partial charge in [-0.05, 0) is 24.3 Å². The van der Waals surface area contributed by atoms with Gasteiger partial charge in [-0.2, -0.15) is 0 Å². The van der Waals surface area contributed by atoms with Gasteiger partial charge in [0.1, 0.15) is 11.6 Å². The van der Waals surface area contributed by atoms with Crippen molar-refractivity contribution in [3.63, 3.8) is 0 Å². The summed E-state index contributed by atoms with van der Waals surface area (Å²) in [5.41, 5.74) is 1.82. The number of anilines is 2. The quantitative estimate of drug-likeness (QED) is 0.722. The van der Waals surface area contributed by atoms with E-state index in [-0.39, 0.29) is 0 Å². The normalized spacial score (nSPS) is 14.6. The summed E-state index contributed by atoms with van der Waals surface area (Å²) in [4.78, 5) is 18.1. The van der Waals surface area contributed by atoms with E-state index >= 15 is 0 Å². The van der Waals surface area contributed by atoms with Crippen LogP contribution in [0.25, 0.3) is 11.3 Å². The maximum Gasteiger partial charge on any atom is 0.147 e. The Hall–Kier alpha value is -2.66. The number of hydrogen-bond acceptors (Lipinski definition) is 5. The number of hydrogen-bond donors (Lipinski definition) is 0. The maximum absolute atomic E-state index is 6.09. The molecular weight excluding hydrogens is 334 g/mol. The molecule has 1 aliphatic rings. The van der Waals surface area contributed by atoms with Crippen molar-refractivity contribution >= 4 is 23.2 Å². The number of halogens is 1. The zero-order chi connectivity index (χ0) is 17.1. The van der Waals surface area contributed by atoms with E-state index in [9.17, 15) is 0 Å². The number of benzene rings is 1. The predicted octanol–water partition coefficient (Wildman–Crippen LogP) is 3.52. The van der Waals surface area contributed by atoms with Crippen LogP contribution in [0.15, 0.2) is 61.1 Å². The smallest absolute Gasteiger partial charge is 0.147 e. The van der Waals surface area contributed by atoms with Gasteiger partial charge in [0.05, 0.1) is 18.1 Å². The molecule has 0 aliphatic carbocycles. The van der Waals surface area contributed by atoms with Crippen molar-refractivity contribution in [3.8, 4) is 11.3 Å². The van der Waals surface area contributed by atoms with Crippen LogP contribution in [-0.4, -0.2) is 41.1 Å². The Kier molecular flexibility index (Phi) is 4.48. The molecule has 1 fully saturated rings. The minimum Gasteiger partial charge on any atom is -0.353 e. The van der Waals surface area contributed by atoms with E-state index in [1.807, 2.05) is 48.8 Å². The molecule has 1 aromatic carbocycles. The van der Waals surface area contributed by atoms with Gasteiger partial charge in [-0.15, -0.1) is 0 Å². The van der Waals surface area contributed by atoms with Gasteiger partial charge >= 0.3 is 0 Å². The SMILES string of the molecule is Clc1cccc(-c2cncc(N3CCN(c4ccccn4)CC3)n2)c1. The van der Waals surface area contributed by atoms with Gasteiger partial charge in [-0.1, -0.05) is 29.8 Å². The topological polar surface area (TPSA) is 45.2 Å². The third-order valence-corrected chi connectivity index (χ3v) is 4.55. The van der Waals surface area contributed by atoms with Crippen LogP contribution in [0.2, 0.25) is 5.02 Å². The Bertz CT molecular complexity index is 847. The first kappa shape index (κ1) is 15.8. The van der Waals surface area contributed by atoms with Gasteiger partial charge in [0.2, 0.25) is 0 Å². The van der Waals surface area contributed by atoms with Crippen LogP contribution in [-0.2, 0) is 0 Å². The fourth-order valence-corrected chi connectivity index (χ4v) is 3.19. The third kappa shape index (κ3) is 3.56. The number of piperazine rings is 1. The Labute approximate surface area is 151 Å². The van der Waals surface area contributed by atoms with Crippen LogP contribution >= 0.6 is 11.6 Å². The van der Waals surface area contributed by atoms with Gasteiger partial charge in [0, 0.05) is 43.0 Å². The standard InChI is InChI=1S/C19H18ClN5/c20-16-5-3-4-15(12-16)17-13-21-14-19(23-17)25-10-8-24(9-11-25)18-6-1-2-7-22-18/h1-7,12-14H,8-11H2. The molecule has 126 valence electrons. The van der Waals surface area contributed by atoms with Crippen LogP contribution in [0.1, 0.15) is 0 Å². The van der Waals surface area contributed by atoms with E-state index in [0.717, 1.165) is 49.1 Å². The van der Waals surface area contributed by atoms with Crippen LogP contribution in [0.3, 0.4) is 0 Å². The van der Waals surface area contributed by atoms with Crippen molar-refractivity contribution in [2.75, 3.05) is 36.0 Å². The largest absolute Gasteiger partial charge is 0.353 e. The molecule has 0 spiro atoms. The molecule has 6 heteroatoms. The highest BCUT2D eigenvalue weighted by Gasteiger charge is 2.19. The lowest BCUT2D eigenvalue weighted by atomic mass is 10.2. The molecule has 2 aromatic heterocycles.